The van der Waals surface area contributed by atoms with Gasteiger partial charge in [-0.2, -0.15) is 5.26 Å². The molecule has 9 nitrogen and oxygen atoms in total. The van der Waals surface area contributed by atoms with Gasteiger partial charge in [0.05, 0.1) is 16.8 Å². The predicted octanol–water partition coefficient (Wildman–Crippen LogP) is 3.94. The highest BCUT2D eigenvalue weighted by Gasteiger charge is 2.64. The van der Waals surface area contributed by atoms with E-state index in [1.54, 1.807) is 42.2 Å². The van der Waals surface area contributed by atoms with Crippen LogP contribution in [-0.2, 0) is 10.2 Å². The molecule has 0 saturated carbocycles. The van der Waals surface area contributed by atoms with Gasteiger partial charge in [0.2, 0.25) is 17.7 Å². The number of aryl methyl sites for hydroxylation is 1. The molecule has 0 fully saturated rings. The molecule has 1 spiro atoms. The minimum Gasteiger partial charge on any atom is -0.423 e. The lowest BCUT2D eigenvalue weighted by Gasteiger charge is -2.44. The number of nitriles is 1. The second-order valence-corrected chi connectivity index (χ2v) is 10.5. The Labute approximate surface area is 213 Å². The van der Waals surface area contributed by atoms with E-state index in [1.807, 2.05) is 26.0 Å². The second kappa shape index (κ2) is 7.46. The van der Waals surface area contributed by atoms with Crippen molar-refractivity contribution in [2.45, 2.75) is 51.0 Å². The van der Waals surface area contributed by atoms with E-state index in [0.717, 1.165) is 5.56 Å². The molecule has 3 aliphatic rings. The zero-order valence-corrected chi connectivity index (χ0v) is 20.9. The molecule has 3 N–H and O–H groups in total. The number of hydrogen-bond donors (Lipinski definition) is 2. The first-order valence-corrected chi connectivity index (χ1v) is 12.0. The van der Waals surface area contributed by atoms with E-state index in [9.17, 15) is 14.9 Å². The number of carbonyl (C=O) groups excluding carboxylic acids is 2. The molecule has 4 heterocycles. The number of anilines is 1. The minimum atomic E-state index is -1.59. The first kappa shape index (κ1) is 22.9. The largest absolute Gasteiger partial charge is 0.423 e. The van der Waals surface area contributed by atoms with E-state index in [-0.39, 0.29) is 34.9 Å². The Kier molecular flexibility index (Phi) is 4.61. The lowest BCUT2D eigenvalue weighted by molar-refractivity contribution is -0.122. The topological polar surface area (TPSA) is 134 Å². The average Bonchev–Trinajstić information content (AvgIpc) is 3.34. The lowest BCUT2D eigenvalue weighted by atomic mass is 9.68. The van der Waals surface area contributed by atoms with Crippen LogP contribution in [0.25, 0.3) is 0 Å². The number of amides is 1. The summed E-state index contributed by atoms with van der Waals surface area (Å²) in [5, 5.41) is 17.4. The van der Waals surface area contributed by atoms with Gasteiger partial charge in [-0.1, -0.05) is 25.1 Å². The summed E-state index contributed by atoms with van der Waals surface area (Å²) in [5.41, 5.74) is 7.61. The smallest absolute Gasteiger partial charge is 0.343 e. The molecule has 3 aromatic rings. The number of fused-ring (bicyclic) bond motifs is 3. The zero-order chi connectivity index (χ0) is 26.3. The normalized spacial score (nSPS) is 22.8. The van der Waals surface area contributed by atoms with Crippen molar-refractivity contribution in [3.63, 3.8) is 0 Å². The Morgan fingerprint density at radius 3 is 2.73 bits per heavy atom. The molecule has 2 atom stereocenters. The van der Waals surface area contributed by atoms with Crippen molar-refractivity contribution < 1.29 is 19.1 Å². The molecule has 9 heteroatoms. The van der Waals surface area contributed by atoms with Crippen molar-refractivity contribution in [1.29, 1.82) is 5.26 Å². The number of aromatic amines is 1. The minimum absolute atomic E-state index is 0.0129. The Hall–Kier alpha value is -4.58. The van der Waals surface area contributed by atoms with Crippen molar-refractivity contribution in [1.82, 2.24) is 10.2 Å². The van der Waals surface area contributed by atoms with E-state index in [4.69, 9.17) is 15.2 Å². The van der Waals surface area contributed by atoms with Crippen LogP contribution >= 0.6 is 0 Å². The summed E-state index contributed by atoms with van der Waals surface area (Å²) in [7, 11) is 0. The number of nitrogens with zero attached hydrogens (tertiary/aromatic N) is 3. The zero-order valence-electron chi connectivity index (χ0n) is 20.9. The molecule has 6 rings (SSSR count). The molecule has 0 unspecified atom stereocenters. The molecule has 37 heavy (non-hydrogen) atoms. The number of nitrogens with one attached hydrogen (secondary N) is 1. The van der Waals surface area contributed by atoms with E-state index in [1.165, 1.54) is 0 Å². The van der Waals surface area contributed by atoms with Crippen LogP contribution in [0.15, 0.2) is 53.9 Å². The van der Waals surface area contributed by atoms with Gasteiger partial charge in [-0.05, 0) is 62.9 Å². The van der Waals surface area contributed by atoms with E-state index < -0.39 is 16.9 Å². The van der Waals surface area contributed by atoms with Crippen molar-refractivity contribution in [2.75, 3.05) is 4.90 Å². The maximum atomic E-state index is 14.6. The van der Waals surface area contributed by atoms with Crippen LogP contribution in [0.3, 0.4) is 0 Å². The molecule has 0 saturated heterocycles. The number of esters is 1. The Morgan fingerprint density at radius 1 is 1.30 bits per heavy atom. The van der Waals surface area contributed by atoms with Gasteiger partial charge < -0.3 is 20.1 Å². The van der Waals surface area contributed by atoms with Crippen LogP contribution in [-0.4, -0.2) is 27.6 Å². The summed E-state index contributed by atoms with van der Waals surface area (Å²) < 4.78 is 11.5. The second-order valence-electron chi connectivity index (χ2n) is 10.5. The fourth-order valence-corrected chi connectivity index (χ4v) is 6.26. The van der Waals surface area contributed by atoms with Crippen molar-refractivity contribution in [3.8, 4) is 17.7 Å². The van der Waals surface area contributed by atoms with Gasteiger partial charge in [-0.3, -0.25) is 9.89 Å². The monoisotopic (exact) mass is 495 g/mol. The molecule has 0 bridgehead atoms. The molecule has 0 aliphatic carbocycles. The standard InChI is InChI=1S/C28H25N5O4/c1-14-12-27(3,4)33-22-18(14)10-17(36-25(34)16-8-6-5-7-9-16)11-19(22)28(26(33)35)20(13-29)23(30)37-24-21(28)15(2)31-32-24/h5-11,14H,12,30H2,1-4H3,(H,31,32)/t14-,28+/m1/s1. The van der Waals surface area contributed by atoms with Crippen molar-refractivity contribution in [3.05, 3.63) is 81.9 Å². The predicted molar refractivity (Wildman–Crippen MR) is 134 cm³/mol. The van der Waals surface area contributed by atoms with Crippen LogP contribution in [0.4, 0.5) is 5.69 Å². The van der Waals surface area contributed by atoms with E-state index in [0.29, 0.717) is 34.5 Å². The van der Waals surface area contributed by atoms with Crippen LogP contribution < -0.4 is 20.1 Å². The van der Waals surface area contributed by atoms with Crippen LogP contribution in [0.1, 0.15) is 65.9 Å². The van der Waals surface area contributed by atoms with Crippen LogP contribution in [0.5, 0.6) is 11.6 Å². The Bertz CT molecular complexity index is 1580. The third-order valence-electron chi connectivity index (χ3n) is 7.66. The molecule has 2 aromatic carbocycles. The number of rotatable bonds is 2. The maximum absolute atomic E-state index is 14.6. The van der Waals surface area contributed by atoms with Crippen LogP contribution in [0, 0.1) is 18.3 Å². The average molecular weight is 496 g/mol. The first-order chi connectivity index (χ1) is 17.6. The number of benzene rings is 2. The van der Waals surface area contributed by atoms with Gasteiger partial charge in [-0.15, -0.1) is 5.10 Å². The van der Waals surface area contributed by atoms with Gasteiger partial charge in [-0.25, -0.2) is 4.79 Å². The van der Waals surface area contributed by atoms with Gasteiger partial charge in [0.15, 0.2) is 0 Å². The van der Waals surface area contributed by atoms with E-state index in [2.05, 4.69) is 23.2 Å². The SMILES string of the molecule is Cc1[nH]nc2c1[C@@]1(C(=O)N3c4c(cc(OC(=O)c5ccccc5)cc41)[C@H](C)CC3(C)C)C(C#N)=C(N)O2. The highest BCUT2D eigenvalue weighted by Crippen LogP contribution is 2.61. The van der Waals surface area contributed by atoms with Gasteiger partial charge in [0.1, 0.15) is 22.8 Å². The number of aromatic nitrogens is 2. The summed E-state index contributed by atoms with van der Waals surface area (Å²) in [6, 6.07) is 14.3. The highest BCUT2D eigenvalue weighted by atomic mass is 16.5. The Balaban J connectivity index is 1.67. The molecular weight excluding hydrogens is 470 g/mol. The van der Waals surface area contributed by atoms with Crippen molar-refractivity contribution >= 4 is 17.6 Å². The van der Waals surface area contributed by atoms with Gasteiger partial charge >= 0.3 is 5.97 Å². The summed E-state index contributed by atoms with van der Waals surface area (Å²) in [5.74, 6) is -0.520. The quantitative estimate of drug-likeness (QED) is 0.406. The fourth-order valence-electron chi connectivity index (χ4n) is 6.26. The number of carbonyl (C=O) groups is 2. The summed E-state index contributed by atoms with van der Waals surface area (Å²) >= 11 is 0. The molecule has 186 valence electrons. The number of H-pyrrole nitrogens is 1. The van der Waals surface area contributed by atoms with Crippen LogP contribution in [0.2, 0.25) is 0 Å². The lowest BCUT2D eigenvalue weighted by Crippen LogP contribution is -2.54. The third kappa shape index (κ3) is 2.87. The van der Waals surface area contributed by atoms with E-state index >= 15 is 0 Å². The Morgan fingerprint density at radius 2 is 2.03 bits per heavy atom. The maximum Gasteiger partial charge on any atom is 0.343 e. The summed E-state index contributed by atoms with van der Waals surface area (Å²) in [4.78, 5) is 29.4. The molecule has 1 amide bonds. The first-order valence-electron chi connectivity index (χ1n) is 12.0. The fraction of sp³-hybridized carbons (Fsp3) is 0.286. The highest BCUT2D eigenvalue weighted by molar-refractivity contribution is 6.16. The van der Waals surface area contributed by atoms with Gasteiger partial charge in [0.25, 0.3) is 0 Å². The third-order valence-corrected chi connectivity index (χ3v) is 7.66. The molecule has 0 radical (unpaired) electrons. The number of nitrogens with two attached hydrogens (primary N) is 1. The van der Waals surface area contributed by atoms with Gasteiger partial charge in [0, 0.05) is 16.8 Å². The molecule has 1 aromatic heterocycles. The number of ether oxygens (including phenoxy) is 2. The summed E-state index contributed by atoms with van der Waals surface area (Å²) in [6.07, 6.45) is 0.673. The molecular formula is C28H25N5O4. The summed E-state index contributed by atoms with van der Waals surface area (Å²) in [6.45, 7) is 7.88. The molecule has 3 aliphatic heterocycles. The number of hydrogen-bond acceptors (Lipinski definition) is 7. The van der Waals surface area contributed by atoms with Crippen molar-refractivity contribution in [2.24, 2.45) is 5.73 Å².